The highest BCUT2D eigenvalue weighted by atomic mass is 32.1. The number of ether oxygens (including phenoxy) is 1. The predicted octanol–water partition coefficient (Wildman–Crippen LogP) is 2.30. The smallest absolute Gasteiger partial charge is 0.0946 e. The molecule has 1 rings (SSSR count). The number of nitrogens with zero attached hydrogens (tertiary/aromatic N) is 1. The molecule has 0 aromatic carbocycles. The number of aromatic nitrogens is 1. The zero-order valence-electron chi connectivity index (χ0n) is 10.6. The zero-order valence-corrected chi connectivity index (χ0v) is 11.4. The number of methoxy groups -OCH3 is 1. The number of thiazole rings is 1. The third-order valence-corrected chi connectivity index (χ3v) is 3.76. The summed E-state index contributed by atoms with van der Waals surface area (Å²) in [6.07, 6.45) is 1.87. The first-order valence-corrected chi connectivity index (χ1v) is 6.52. The monoisotopic (exact) mass is 242 g/mol. The largest absolute Gasteiger partial charge is 0.384 e. The summed E-state index contributed by atoms with van der Waals surface area (Å²) in [6, 6.07) is 0.190. The maximum Gasteiger partial charge on any atom is 0.0946 e. The maximum absolute atomic E-state index is 6.11. The van der Waals surface area contributed by atoms with Crippen molar-refractivity contribution < 1.29 is 4.74 Å². The highest BCUT2D eigenvalue weighted by Crippen LogP contribution is 2.19. The summed E-state index contributed by atoms with van der Waals surface area (Å²) in [6.45, 7) is 7.11. The van der Waals surface area contributed by atoms with Gasteiger partial charge in [0.2, 0.25) is 0 Å². The zero-order chi connectivity index (χ0) is 12.1. The molecule has 0 aliphatic carbocycles. The van der Waals surface area contributed by atoms with E-state index in [1.807, 2.05) is 0 Å². The molecule has 0 aliphatic rings. The highest BCUT2D eigenvalue weighted by Gasteiger charge is 2.12. The van der Waals surface area contributed by atoms with Crippen LogP contribution in [0.3, 0.4) is 0 Å². The summed E-state index contributed by atoms with van der Waals surface area (Å²) in [7, 11) is 1.73. The van der Waals surface area contributed by atoms with Crippen LogP contribution in [0.1, 0.15) is 28.9 Å². The van der Waals surface area contributed by atoms with E-state index in [2.05, 4.69) is 25.8 Å². The van der Waals surface area contributed by atoms with Gasteiger partial charge in [0.15, 0.2) is 0 Å². The molecule has 2 N–H and O–H groups in total. The molecule has 1 heterocycles. The molecule has 0 fully saturated rings. The van der Waals surface area contributed by atoms with E-state index in [1.165, 1.54) is 4.88 Å². The minimum Gasteiger partial charge on any atom is -0.384 e. The van der Waals surface area contributed by atoms with E-state index in [-0.39, 0.29) is 6.04 Å². The standard InChI is InChI=1S/C12H22N2OS/c1-8(7-15-4)5-11(13)6-12-14-9(2)10(3)16-12/h8,11H,5-7,13H2,1-4H3. The molecule has 0 saturated heterocycles. The van der Waals surface area contributed by atoms with Gasteiger partial charge in [0, 0.05) is 31.1 Å². The summed E-state index contributed by atoms with van der Waals surface area (Å²) in [5.74, 6) is 0.516. The first kappa shape index (κ1) is 13.6. The Hall–Kier alpha value is -0.450. The molecule has 0 spiro atoms. The van der Waals surface area contributed by atoms with Gasteiger partial charge in [-0.05, 0) is 26.2 Å². The summed E-state index contributed by atoms with van der Waals surface area (Å²) < 4.78 is 5.11. The maximum atomic E-state index is 6.11. The van der Waals surface area contributed by atoms with Crippen LogP contribution in [0.5, 0.6) is 0 Å². The molecular weight excluding hydrogens is 220 g/mol. The average molecular weight is 242 g/mol. The molecule has 2 atom stereocenters. The van der Waals surface area contributed by atoms with Crippen LogP contribution in [0.4, 0.5) is 0 Å². The quantitative estimate of drug-likeness (QED) is 0.832. The number of hydrogen-bond acceptors (Lipinski definition) is 4. The topological polar surface area (TPSA) is 48.1 Å². The lowest BCUT2D eigenvalue weighted by atomic mass is 10.0. The van der Waals surface area contributed by atoms with Gasteiger partial charge in [-0.25, -0.2) is 4.98 Å². The van der Waals surface area contributed by atoms with Gasteiger partial charge in [-0.1, -0.05) is 6.92 Å². The van der Waals surface area contributed by atoms with E-state index in [4.69, 9.17) is 10.5 Å². The third-order valence-electron chi connectivity index (χ3n) is 2.67. The fourth-order valence-electron chi connectivity index (χ4n) is 1.80. The first-order chi connectivity index (χ1) is 7.52. The number of hydrogen-bond donors (Lipinski definition) is 1. The molecule has 4 heteroatoms. The van der Waals surface area contributed by atoms with Crippen LogP contribution in [0.15, 0.2) is 0 Å². The summed E-state index contributed by atoms with van der Waals surface area (Å²) >= 11 is 1.76. The van der Waals surface area contributed by atoms with Crippen LogP contribution in [0.25, 0.3) is 0 Å². The molecule has 92 valence electrons. The van der Waals surface area contributed by atoms with Crippen LogP contribution in [-0.4, -0.2) is 24.7 Å². The van der Waals surface area contributed by atoms with Crippen molar-refractivity contribution in [3.05, 3.63) is 15.6 Å². The van der Waals surface area contributed by atoms with Crippen LogP contribution in [0, 0.1) is 19.8 Å². The van der Waals surface area contributed by atoms with Crippen molar-refractivity contribution in [1.82, 2.24) is 4.98 Å². The minimum atomic E-state index is 0.190. The summed E-state index contributed by atoms with van der Waals surface area (Å²) in [4.78, 5) is 5.81. The Morgan fingerprint density at radius 3 is 2.62 bits per heavy atom. The minimum absolute atomic E-state index is 0.190. The molecule has 1 aromatic heterocycles. The number of aryl methyl sites for hydroxylation is 2. The number of nitrogens with two attached hydrogens (primary N) is 1. The number of rotatable bonds is 6. The fourth-order valence-corrected chi connectivity index (χ4v) is 2.83. The second kappa shape index (κ2) is 6.33. The van der Waals surface area contributed by atoms with Crippen molar-refractivity contribution in [2.24, 2.45) is 11.7 Å². The molecular formula is C12H22N2OS. The lowest BCUT2D eigenvalue weighted by Crippen LogP contribution is -2.26. The van der Waals surface area contributed by atoms with Gasteiger partial charge in [0.1, 0.15) is 0 Å². The molecule has 3 nitrogen and oxygen atoms in total. The summed E-state index contributed by atoms with van der Waals surface area (Å²) in [5.41, 5.74) is 7.24. The van der Waals surface area contributed by atoms with Crippen molar-refractivity contribution >= 4 is 11.3 Å². The van der Waals surface area contributed by atoms with Crippen LogP contribution >= 0.6 is 11.3 Å². The fraction of sp³-hybridized carbons (Fsp3) is 0.750. The Labute approximate surface area is 102 Å². The van der Waals surface area contributed by atoms with Gasteiger partial charge in [-0.15, -0.1) is 11.3 Å². The normalized spacial score (nSPS) is 15.1. The molecule has 16 heavy (non-hydrogen) atoms. The van der Waals surface area contributed by atoms with E-state index in [9.17, 15) is 0 Å². The van der Waals surface area contributed by atoms with Gasteiger partial charge >= 0.3 is 0 Å². The Morgan fingerprint density at radius 2 is 2.12 bits per heavy atom. The Bertz CT molecular complexity index is 305. The van der Waals surface area contributed by atoms with Crippen molar-refractivity contribution in [3.8, 4) is 0 Å². The Balaban J connectivity index is 2.42. The van der Waals surface area contributed by atoms with Gasteiger partial charge < -0.3 is 10.5 Å². The average Bonchev–Trinajstić information content (AvgIpc) is 2.45. The summed E-state index contributed by atoms with van der Waals surface area (Å²) in [5, 5.41) is 1.16. The van der Waals surface area contributed by atoms with Crippen LogP contribution in [0.2, 0.25) is 0 Å². The predicted molar refractivity (Wildman–Crippen MR) is 68.9 cm³/mol. The molecule has 0 aliphatic heterocycles. The van der Waals surface area contributed by atoms with E-state index < -0.39 is 0 Å². The van der Waals surface area contributed by atoms with Crippen molar-refractivity contribution in [2.75, 3.05) is 13.7 Å². The van der Waals surface area contributed by atoms with Crippen LogP contribution < -0.4 is 5.73 Å². The Kier molecular flexibility index (Phi) is 5.38. The second-order valence-corrected chi connectivity index (χ2v) is 5.80. The Morgan fingerprint density at radius 1 is 1.44 bits per heavy atom. The molecule has 2 unspecified atom stereocenters. The third kappa shape index (κ3) is 4.20. The molecule has 0 radical (unpaired) electrons. The lowest BCUT2D eigenvalue weighted by molar-refractivity contribution is 0.152. The molecule has 0 bridgehead atoms. The SMILES string of the molecule is COCC(C)CC(N)Cc1nc(C)c(C)s1. The van der Waals surface area contributed by atoms with Gasteiger partial charge in [0.25, 0.3) is 0 Å². The van der Waals surface area contributed by atoms with Gasteiger partial charge in [-0.3, -0.25) is 0 Å². The van der Waals surface area contributed by atoms with E-state index in [1.54, 1.807) is 18.4 Å². The first-order valence-electron chi connectivity index (χ1n) is 5.70. The van der Waals surface area contributed by atoms with Crippen LogP contribution in [-0.2, 0) is 11.2 Å². The van der Waals surface area contributed by atoms with Crippen molar-refractivity contribution in [1.29, 1.82) is 0 Å². The van der Waals surface area contributed by atoms with E-state index in [0.29, 0.717) is 5.92 Å². The van der Waals surface area contributed by atoms with E-state index in [0.717, 1.165) is 30.2 Å². The molecule has 1 aromatic rings. The van der Waals surface area contributed by atoms with Gasteiger partial charge in [0.05, 0.1) is 10.7 Å². The highest BCUT2D eigenvalue weighted by molar-refractivity contribution is 7.11. The lowest BCUT2D eigenvalue weighted by Gasteiger charge is -2.15. The second-order valence-electron chi connectivity index (χ2n) is 4.51. The van der Waals surface area contributed by atoms with Crippen molar-refractivity contribution in [2.45, 2.75) is 39.7 Å². The molecule has 0 saturated carbocycles. The van der Waals surface area contributed by atoms with E-state index >= 15 is 0 Å². The van der Waals surface area contributed by atoms with Crippen molar-refractivity contribution in [3.63, 3.8) is 0 Å². The molecule has 0 amide bonds. The van der Waals surface area contributed by atoms with Gasteiger partial charge in [-0.2, -0.15) is 0 Å².